The lowest BCUT2D eigenvalue weighted by atomic mass is 10.1. The highest BCUT2D eigenvalue weighted by molar-refractivity contribution is 8.13. The lowest BCUT2D eigenvalue weighted by molar-refractivity contribution is 0.248. The summed E-state index contributed by atoms with van der Waals surface area (Å²) >= 11 is 1.36. The minimum atomic E-state index is -0.124. The number of hydrogen-bond donors (Lipinski definition) is 2. The fourth-order valence-electron chi connectivity index (χ4n) is 1.64. The van der Waals surface area contributed by atoms with Crippen molar-refractivity contribution in [2.45, 2.75) is 6.61 Å². The van der Waals surface area contributed by atoms with Gasteiger partial charge < -0.3 is 9.52 Å². The third-order valence-corrected chi connectivity index (χ3v) is 3.12. The van der Waals surface area contributed by atoms with Crippen molar-refractivity contribution >= 4 is 22.6 Å². The Kier molecular flexibility index (Phi) is 4.82. The molecule has 1 heterocycles. The van der Waals surface area contributed by atoms with E-state index in [-0.39, 0.29) is 6.61 Å². The van der Waals surface area contributed by atoms with Gasteiger partial charge in [-0.1, -0.05) is 23.9 Å². The molecule has 0 saturated carbocycles. The molecule has 0 atom stereocenters. The summed E-state index contributed by atoms with van der Waals surface area (Å²) in [5, 5.41) is 20.7. The molecule has 2 rings (SSSR count). The zero-order valence-corrected chi connectivity index (χ0v) is 11.6. The van der Waals surface area contributed by atoms with Crippen molar-refractivity contribution in [3.63, 3.8) is 0 Å². The molecule has 20 heavy (non-hydrogen) atoms. The van der Waals surface area contributed by atoms with Gasteiger partial charge in [-0.15, -0.1) is 0 Å². The average Bonchev–Trinajstić information content (AvgIpc) is 2.96. The number of aliphatic imine (C=N–C) groups is 1. The first kappa shape index (κ1) is 14.2. The third kappa shape index (κ3) is 3.41. The first-order valence-electron chi connectivity index (χ1n) is 5.84. The molecule has 0 spiro atoms. The molecule has 0 fully saturated rings. The van der Waals surface area contributed by atoms with E-state index in [1.807, 2.05) is 36.7 Å². The zero-order valence-electron chi connectivity index (χ0n) is 10.8. The van der Waals surface area contributed by atoms with E-state index in [4.69, 9.17) is 14.8 Å². The molecule has 2 N–H and O–H groups in total. The van der Waals surface area contributed by atoms with Gasteiger partial charge in [0.2, 0.25) is 0 Å². The Balaban J connectivity index is 2.30. The van der Waals surface area contributed by atoms with Crippen LogP contribution in [0.15, 0.2) is 45.8 Å². The summed E-state index contributed by atoms with van der Waals surface area (Å²) in [6, 6.07) is 11.0. The molecule has 1 aromatic heterocycles. The lowest BCUT2D eigenvalue weighted by Crippen LogP contribution is -2.12. The van der Waals surface area contributed by atoms with E-state index in [9.17, 15) is 0 Å². The highest BCUT2D eigenvalue weighted by atomic mass is 32.2. The molecule has 6 heteroatoms. The normalized spacial score (nSPS) is 11.2. The second-order valence-corrected chi connectivity index (χ2v) is 4.63. The highest BCUT2D eigenvalue weighted by Crippen LogP contribution is 2.26. The molecule has 2 aromatic rings. The van der Waals surface area contributed by atoms with Crippen LogP contribution in [0.1, 0.15) is 5.76 Å². The molecule has 0 saturated heterocycles. The number of aliphatic hydroxyl groups excluding tert-OH is 1. The molecule has 0 radical (unpaired) electrons. The maximum atomic E-state index is 9.01. The maximum absolute atomic E-state index is 9.01. The summed E-state index contributed by atoms with van der Waals surface area (Å²) in [6.45, 7) is -0.124. The average molecular weight is 287 g/mol. The third-order valence-electron chi connectivity index (χ3n) is 2.53. The van der Waals surface area contributed by atoms with E-state index >= 15 is 0 Å². The molecule has 0 unspecified atom stereocenters. The smallest absolute Gasteiger partial charge is 0.183 e. The van der Waals surface area contributed by atoms with Gasteiger partial charge in [0, 0.05) is 5.56 Å². The van der Waals surface area contributed by atoms with Gasteiger partial charge in [0.25, 0.3) is 0 Å². The molecule has 0 aliphatic heterocycles. The Labute approximate surface area is 120 Å². The summed E-state index contributed by atoms with van der Waals surface area (Å²) in [6.07, 6.45) is 3.69. The number of amidine groups is 1. The van der Waals surface area contributed by atoms with Crippen LogP contribution in [0.2, 0.25) is 0 Å². The number of aliphatic hydroxyl groups is 1. The number of nitrogens with one attached hydrogen (secondary N) is 1. The molecule has 0 aliphatic carbocycles. The van der Waals surface area contributed by atoms with E-state index in [1.54, 1.807) is 12.1 Å². The number of rotatable bonds is 3. The number of thioether (sulfide) groups is 1. The van der Waals surface area contributed by atoms with Crippen molar-refractivity contribution in [2.75, 3.05) is 6.26 Å². The van der Waals surface area contributed by atoms with Crippen molar-refractivity contribution in [1.29, 1.82) is 5.26 Å². The number of nitrogens with zero attached hydrogens (tertiary/aromatic N) is 2. The molecular weight excluding hydrogens is 274 g/mol. The molecular formula is C14H13N3O2S. The lowest BCUT2D eigenvalue weighted by Gasteiger charge is -2.02. The number of furan rings is 1. The van der Waals surface area contributed by atoms with E-state index in [0.717, 1.165) is 11.3 Å². The van der Waals surface area contributed by atoms with Gasteiger partial charge in [0.05, 0.1) is 5.69 Å². The van der Waals surface area contributed by atoms with Crippen molar-refractivity contribution in [3.05, 3.63) is 42.2 Å². The van der Waals surface area contributed by atoms with Crippen LogP contribution in [-0.4, -0.2) is 16.5 Å². The summed E-state index contributed by atoms with van der Waals surface area (Å²) in [7, 11) is 0. The molecule has 0 aliphatic rings. The topological polar surface area (TPSA) is 81.6 Å². The van der Waals surface area contributed by atoms with Crippen molar-refractivity contribution in [2.24, 2.45) is 4.99 Å². The van der Waals surface area contributed by atoms with E-state index in [1.165, 1.54) is 11.8 Å². The molecule has 0 bridgehead atoms. The van der Waals surface area contributed by atoms with Gasteiger partial charge in [0.15, 0.2) is 11.4 Å². The van der Waals surface area contributed by atoms with Crippen LogP contribution in [-0.2, 0) is 6.61 Å². The fraction of sp³-hybridized carbons (Fsp3) is 0.143. The number of hydrogen-bond acceptors (Lipinski definition) is 5. The quantitative estimate of drug-likeness (QED) is 0.392. The van der Waals surface area contributed by atoms with Gasteiger partial charge in [-0.3, -0.25) is 5.32 Å². The number of benzene rings is 1. The molecule has 5 nitrogen and oxygen atoms in total. The van der Waals surface area contributed by atoms with Gasteiger partial charge >= 0.3 is 0 Å². The van der Waals surface area contributed by atoms with E-state index < -0.39 is 0 Å². The fourth-order valence-corrected chi connectivity index (χ4v) is 1.98. The second kappa shape index (κ2) is 6.80. The first-order valence-corrected chi connectivity index (χ1v) is 7.07. The summed E-state index contributed by atoms with van der Waals surface area (Å²) in [5.41, 5.74) is 1.58. The summed E-state index contributed by atoms with van der Waals surface area (Å²) in [4.78, 5) is 4.33. The van der Waals surface area contributed by atoms with Gasteiger partial charge in [-0.2, -0.15) is 5.26 Å². The predicted molar refractivity (Wildman–Crippen MR) is 79.4 cm³/mol. The highest BCUT2D eigenvalue weighted by Gasteiger charge is 2.05. The predicted octanol–water partition coefficient (Wildman–Crippen LogP) is 2.86. The first-order chi connectivity index (χ1) is 9.76. The Bertz CT molecular complexity index is 658. The Hall–Kier alpha value is -2.23. The van der Waals surface area contributed by atoms with Crippen molar-refractivity contribution in [1.82, 2.24) is 5.32 Å². The van der Waals surface area contributed by atoms with Gasteiger partial charge in [-0.25, -0.2) is 4.99 Å². The Morgan fingerprint density at radius 1 is 1.45 bits per heavy atom. The van der Waals surface area contributed by atoms with Crippen molar-refractivity contribution < 1.29 is 9.52 Å². The number of nitriles is 1. The standard InChI is InChI=1S/C14H13N3O2S/c1-20-14(16-9-15)17-11-4-2-3-10(7-11)13-6-5-12(8-18)19-13/h2-7,18H,8H2,1H3,(H,16,17). The molecule has 0 amide bonds. The van der Waals surface area contributed by atoms with Gasteiger partial charge in [0.1, 0.15) is 18.1 Å². The van der Waals surface area contributed by atoms with Crippen LogP contribution in [0, 0.1) is 11.5 Å². The van der Waals surface area contributed by atoms with Crippen molar-refractivity contribution in [3.8, 4) is 17.5 Å². The minimum absolute atomic E-state index is 0.124. The minimum Gasteiger partial charge on any atom is -0.459 e. The van der Waals surface area contributed by atoms with Crippen LogP contribution in [0.3, 0.4) is 0 Å². The Morgan fingerprint density at radius 2 is 2.30 bits per heavy atom. The van der Waals surface area contributed by atoms with E-state index in [2.05, 4.69) is 10.3 Å². The second-order valence-electron chi connectivity index (χ2n) is 3.83. The van der Waals surface area contributed by atoms with Crippen LogP contribution < -0.4 is 5.32 Å². The summed E-state index contributed by atoms with van der Waals surface area (Å²) in [5.74, 6) is 1.19. The van der Waals surface area contributed by atoms with Crippen LogP contribution in [0.4, 0.5) is 5.69 Å². The van der Waals surface area contributed by atoms with Crippen LogP contribution >= 0.6 is 11.8 Å². The molecule has 102 valence electrons. The molecule has 1 aromatic carbocycles. The van der Waals surface area contributed by atoms with E-state index in [0.29, 0.717) is 16.7 Å². The monoisotopic (exact) mass is 287 g/mol. The Morgan fingerprint density at radius 3 is 2.95 bits per heavy atom. The maximum Gasteiger partial charge on any atom is 0.183 e. The van der Waals surface area contributed by atoms with Crippen LogP contribution in [0.5, 0.6) is 0 Å². The van der Waals surface area contributed by atoms with Gasteiger partial charge in [-0.05, 0) is 30.5 Å². The zero-order chi connectivity index (χ0) is 14.4. The largest absolute Gasteiger partial charge is 0.459 e. The van der Waals surface area contributed by atoms with Crippen LogP contribution in [0.25, 0.3) is 11.3 Å². The summed E-state index contributed by atoms with van der Waals surface area (Å²) < 4.78 is 5.48. The SMILES string of the molecule is CSC(=Nc1cccc(-c2ccc(CO)o2)c1)NC#N.